The third-order valence-electron chi connectivity index (χ3n) is 5.92. The van der Waals surface area contributed by atoms with Crippen molar-refractivity contribution in [1.29, 1.82) is 0 Å². The van der Waals surface area contributed by atoms with Crippen LogP contribution in [-0.4, -0.2) is 65.2 Å². The third kappa shape index (κ3) is 3.05. The maximum atomic E-state index is 12.9. The average Bonchev–Trinajstić information content (AvgIpc) is 3.24. The van der Waals surface area contributed by atoms with Crippen LogP contribution < -0.4 is 0 Å². The fourth-order valence-electron chi connectivity index (χ4n) is 4.50. The molecule has 3 aliphatic heterocycles. The number of piperidine rings is 1. The topological polar surface area (TPSA) is 75.9 Å². The molecule has 0 N–H and O–H groups in total. The molecule has 2 atom stereocenters. The Morgan fingerprint density at radius 2 is 2.04 bits per heavy atom. The predicted octanol–water partition coefficient (Wildman–Crippen LogP) is 1.62. The molecule has 0 bridgehead atoms. The van der Waals surface area contributed by atoms with Gasteiger partial charge in [-0.1, -0.05) is 5.16 Å². The fourth-order valence-corrected chi connectivity index (χ4v) is 4.50. The summed E-state index contributed by atoms with van der Waals surface area (Å²) in [4.78, 5) is 29.4. The van der Waals surface area contributed by atoms with Crippen molar-refractivity contribution < 1.29 is 18.8 Å². The summed E-state index contributed by atoms with van der Waals surface area (Å²) in [6.45, 7) is 4.83. The number of ether oxygens (including phenoxy) is 1. The number of hydrogen-bond donors (Lipinski definition) is 0. The predicted molar refractivity (Wildman–Crippen MR) is 89.0 cm³/mol. The molecule has 4 heterocycles. The van der Waals surface area contributed by atoms with Gasteiger partial charge in [0.05, 0.1) is 18.3 Å². The van der Waals surface area contributed by atoms with Gasteiger partial charge in [0.1, 0.15) is 11.3 Å². The molecule has 0 aliphatic carbocycles. The Bertz CT molecular complexity index is 653. The highest BCUT2D eigenvalue weighted by molar-refractivity contribution is 5.95. The van der Waals surface area contributed by atoms with Crippen molar-refractivity contribution in [1.82, 2.24) is 15.0 Å². The highest BCUT2D eigenvalue weighted by Crippen LogP contribution is 2.34. The van der Waals surface area contributed by atoms with Gasteiger partial charge in [-0.25, -0.2) is 0 Å². The first-order valence-electron chi connectivity index (χ1n) is 9.24. The van der Waals surface area contributed by atoms with E-state index < -0.39 is 0 Å². The van der Waals surface area contributed by atoms with Crippen molar-refractivity contribution in [2.75, 3.05) is 26.3 Å². The number of nitrogens with zero attached hydrogens (tertiary/aromatic N) is 3. The molecule has 7 heteroatoms. The fraction of sp³-hybridized carbons (Fsp3) is 0.722. The van der Waals surface area contributed by atoms with Gasteiger partial charge in [-0.2, -0.15) is 0 Å². The molecule has 4 rings (SSSR count). The molecule has 0 radical (unpaired) electrons. The average molecular weight is 347 g/mol. The van der Waals surface area contributed by atoms with Gasteiger partial charge in [0, 0.05) is 32.7 Å². The SMILES string of the molecule is Cc1oncc1C(=O)N1CC[C@@H]2[C@H]1CCC(=O)N2CC1CCOCC1. The molecule has 25 heavy (non-hydrogen) atoms. The Kier molecular flexibility index (Phi) is 4.50. The van der Waals surface area contributed by atoms with E-state index in [1.54, 1.807) is 6.92 Å². The van der Waals surface area contributed by atoms with Crippen molar-refractivity contribution in [3.8, 4) is 0 Å². The molecule has 0 unspecified atom stereocenters. The molecule has 3 aliphatic rings. The van der Waals surface area contributed by atoms with E-state index in [1.165, 1.54) is 6.20 Å². The number of carbonyl (C=O) groups is 2. The van der Waals surface area contributed by atoms with Crippen LogP contribution in [0.5, 0.6) is 0 Å². The van der Waals surface area contributed by atoms with Gasteiger partial charge in [-0.15, -0.1) is 0 Å². The summed E-state index contributed by atoms with van der Waals surface area (Å²) in [7, 11) is 0. The number of aromatic nitrogens is 1. The Labute approximate surface area is 147 Å². The van der Waals surface area contributed by atoms with Gasteiger partial charge in [-0.05, 0) is 38.5 Å². The lowest BCUT2D eigenvalue weighted by Gasteiger charge is -2.41. The van der Waals surface area contributed by atoms with Gasteiger partial charge in [0.2, 0.25) is 5.91 Å². The first-order chi connectivity index (χ1) is 12.1. The minimum Gasteiger partial charge on any atom is -0.381 e. The summed E-state index contributed by atoms with van der Waals surface area (Å²) in [6, 6.07) is 0.257. The smallest absolute Gasteiger partial charge is 0.259 e. The van der Waals surface area contributed by atoms with Crippen molar-refractivity contribution in [2.24, 2.45) is 5.92 Å². The number of fused-ring (bicyclic) bond motifs is 1. The van der Waals surface area contributed by atoms with E-state index in [9.17, 15) is 9.59 Å². The summed E-state index contributed by atoms with van der Waals surface area (Å²) in [5.74, 6) is 1.29. The summed E-state index contributed by atoms with van der Waals surface area (Å²) in [5.41, 5.74) is 0.536. The second-order valence-electron chi connectivity index (χ2n) is 7.36. The lowest BCUT2D eigenvalue weighted by Crippen LogP contribution is -2.54. The Balaban J connectivity index is 1.48. The van der Waals surface area contributed by atoms with Crippen LogP contribution in [0.25, 0.3) is 0 Å². The minimum atomic E-state index is -0.0217. The number of carbonyl (C=O) groups excluding carboxylic acids is 2. The standard InChI is InChI=1S/C18H25N3O4/c1-12-14(10-19-25-12)18(23)20-7-4-16-15(20)2-3-17(22)21(16)11-13-5-8-24-9-6-13/h10,13,15-16H,2-9,11H2,1H3/t15-,16-/m1/s1. The van der Waals surface area contributed by atoms with E-state index in [4.69, 9.17) is 9.26 Å². The first-order valence-corrected chi connectivity index (χ1v) is 9.24. The van der Waals surface area contributed by atoms with Gasteiger partial charge >= 0.3 is 0 Å². The third-order valence-corrected chi connectivity index (χ3v) is 5.92. The van der Waals surface area contributed by atoms with Crippen LogP contribution in [0.2, 0.25) is 0 Å². The maximum absolute atomic E-state index is 12.9. The molecule has 1 aromatic heterocycles. The number of hydrogen-bond acceptors (Lipinski definition) is 5. The summed E-state index contributed by atoms with van der Waals surface area (Å²) in [6.07, 6.45) is 5.67. The Hall–Kier alpha value is -1.89. The molecule has 0 saturated carbocycles. The molecule has 3 saturated heterocycles. The summed E-state index contributed by atoms with van der Waals surface area (Å²) in [5, 5.41) is 3.72. The maximum Gasteiger partial charge on any atom is 0.259 e. The number of likely N-dealkylation sites (tertiary alicyclic amines) is 2. The number of aryl methyl sites for hydroxylation is 1. The van der Waals surface area contributed by atoms with E-state index in [2.05, 4.69) is 10.1 Å². The van der Waals surface area contributed by atoms with Crippen LogP contribution in [0, 0.1) is 12.8 Å². The molecule has 1 aromatic rings. The van der Waals surface area contributed by atoms with Gasteiger partial charge in [0.15, 0.2) is 0 Å². The minimum absolute atomic E-state index is 0.0217. The zero-order chi connectivity index (χ0) is 17.4. The molecular weight excluding hydrogens is 322 g/mol. The lowest BCUT2D eigenvalue weighted by atomic mass is 9.92. The summed E-state index contributed by atoms with van der Waals surface area (Å²) < 4.78 is 10.5. The molecule has 3 fully saturated rings. The zero-order valence-electron chi connectivity index (χ0n) is 14.6. The van der Waals surface area contributed by atoms with E-state index in [0.29, 0.717) is 30.2 Å². The largest absolute Gasteiger partial charge is 0.381 e. The summed E-state index contributed by atoms with van der Waals surface area (Å²) >= 11 is 0. The monoisotopic (exact) mass is 347 g/mol. The van der Waals surface area contributed by atoms with Crippen LogP contribution in [0.15, 0.2) is 10.7 Å². The second-order valence-corrected chi connectivity index (χ2v) is 7.36. The van der Waals surface area contributed by atoms with E-state index >= 15 is 0 Å². The molecular formula is C18H25N3O4. The number of amides is 2. The van der Waals surface area contributed by atoms with Crippen molar-refractivity contribution in [3.05, 3.63) is 17.5 Å². The highest BCUT2D eigenvalue weighted by Gasteiger charge is 2.45. The molecule has 136 valence electrons. The molecule has 7 nitrogen and oxygen atoms in total. The highest BCUT2D eigenvalue weighted by atomic mass is 16.5. The quantitative estimate of drug-likeness (QED) is 0.830. The zero-order valence-corrected chi connectivity index (χ0v) is 14.6. The first kappa shape index (κ1) is 16.6. The van der Waals surface area contributed by atoms with Gasteiger partial charge in [0.25, 0.3) is 5.91 Å². The van der Waals surface area contributed by atoms with E-state index in [0.717, 1.165) is 45.4 Å². The van der Waals surface area contributed by atoms with Crippen LogP contribution in [-0.2, 0) is 9.53 Å². The molecule has 0 spiro atoms. The van der Waals surface area contributed by atoms with Crippen molar-refractivity contribution >= 4 is 11.8 Å². The number of rotatable bonds is 3. The molecule has 2 amide bonds. The Morgan fingerprint density at radius 3 is 2.76 bits per heavy atom. The second kappa shape index (κ2) is 6.78. The Morgan fingerprint density at radius 1 is 1.24 bits per heavy atom. The molecule has 0 aromatic carbocycles. The van der Waals surface area contributed by atoms with Crippen LogP contribution in [0.4, 0.5) is 0 Å². The van der Waals surface area contributed by atoms with Crippen LogP contribution >= 0.6 is 0 Å². The van der Waals surface area contributed by atoms with Crippen LogP contribution in [0.3, 0.4) is 0 Å². The van der Waals surface area contributed by atoms with Gasteiger partial charge in [-0.3, -0.25) is 9.59 Å². The normalized spacial score (nSPS) is 27.6. The van der Waals surface area contributed by atoms with Crippen LogP contribution in [0.1, 0.15) is 48.2 Å². The van der Waals surface area contributed by atoms with E-state index in [1.807, 2.05) is 4.90 Å². The van der Waals surface area contributed by atoms with Gasteiger partial charge < -0.3 is 19.1 Å². The lowest BCUT2D eigenvalue weighted by molar-refractivity contribution is -0.138. The van der Waals surface area contributed by atoms with E-state index in [-0.39, 0.29) is 23.9 Å². The van der Waals surface area contributed by atoms with Crippen molar-refractivity contribution in [2.45, 2.75) is 51.1 Å². The van der Waals surface area contributed by atoms with Crippen molar-refractivity contribution in [3.63, 3.8) is 0 Å².